The number of halogens is 1. The first kappa shape index (κ1) is 22.1. The van der Waals surface area contributed by atoms with Gasteiger partial charge in [-0.25, -0.2) is 4.39 Å². The summed E-state index contributed by atoms with van der Waals surface area (Å²) in [5, 5.41) is 11.2. The molecule has 0 saturated heterocycles. The van der Waals surface area contributed by atoms with Crippen LogP contribution in [0.1, 0.15) is 32.6 Å². The summed E-state index contributed by atoms with van der Waals surface area (Å²) in [6.07, 6.45) is 5.42. The number of carbonyl (C=O) groups excluding carboxylic acids is 1. The van der Waals surface area contributed by atoms with Gasteiger partial charge >= 0.3 is 0 Å². The fourth-order valence-corrected chi connectivity index (χ4v) is 3.49. The van der Waals surface area contributed by atoms with Crippen LogP contribution in [0.4, 0.5) is 10.2 Å². The van der Waals surface area contributed by atoms with Crippen LogP contribution in [0.3, 0.4) is 0 Å². The first-order chi connectivity index (χ1) is 15.9. The third-order valence-corrected chi connectivity index (χ3v) is 5.21. The van der Waals surface area contributed by atoms with Crippen LogP contribution in [0.25, 0.3) is 0 Å². The fraction of sp³-hybridized carbons (Fsp3) is 0.208. The van der Waals surface area contributed by atoms with Gasteiger partial charge < -0.3 is 15.8 Å². The fourth-order valence-electron chi connectivity index (χ4n) is 3.49. The van der Waals surface area contributed by atoms with Crippen molar-refractivity contribution in [2.24, 2.45) is 0 Å². The van der Waals surface area contributed by atoms with E-state index in [1.165, 1.54) is 13.2 Å². The predicted octanol–water partition coefficient (Wildman–Crippen LogP) is 3.14. The summed E-state index contributed by atoms with van der Waals surface area (Å²) in [6, 6.07) is 12.9. The number of hydrogen-bond acceptors (Lipinski definition) is 5. The number of ether oxygens (including phenoxy) is 1. The van der Waals surface area contributed by atoms with Crippen molar-refractivity contribution in [2.45, 2.75) is 26.6 Å². The van der Waals surface area contributed by atoms with Crippen LogP contribution in [0.2, 0.25) is 0 Å². The lowest BCUT2D eigenvalue weighted by Crippen LogP contribution is -2.23. The van der Waals surface area contributed by atoms with Crippen LogP contribution in [0.5, 0.6) is 5.75 Å². The number of benzene rings is 2. The molecule has 0 fully saturated rings. The zero-order valence-corrected chi connectivity index (χ0v) is 18.5. The van der Waals surface area contributed by atoms with Gasteiger partial charge in [-0.3, -0.25) is 14.2 Å². The Morgan fingerprint density at radius 2 is 1.79 bits per heavy atom. The molecule has 1 amide bonds. The number of hydrogen-bond donors (Lipinski definition) is 2. The Labute approximate surface area is 190 Å². The molecule has 0 bridgehead atoms. The summed E-state index contributed by atoms with van der Waals surface area (Å²) < 4.78 is 22.8. The molecule has 0 aliphatic carbocycles. The second-order valence-electron chi connectivity index (χ2n) is 7.77. The number of carbonyl (C=O) groups is 1. The van der Waals surface area contributed by atoms with Crippen molar-refractivity contribution in [3.63, 3.8) is 0 Å². The number of nitrogens with two attached hydrogens (primary N) is 1. The lowest BCUT2D eigenvalue weighted by molar-refractivity contribution is 0.0951. The van der Waals surface area contributed by atoms with Gasteiger partial charge in [-0.05, 0) is 29.7 Å². The van der Waals surface area contributed by atoms with Crippen LogP contribution in [-0.4, -0.2) is 32.6 Å². The highest BCUT2D eigenvalue weighted by Gasteiger charge is 2.16. The van der Waals surface area contributed by atoms with E-state index in [9.17, 15) is 9.18 Å². The standard InChI is InChI=1S/C24H25FN6O2/c1-16-10-28-30(12-16)13-17-6-8-18(9-7-17)14-31-15-20(23(26)29-31)24(32)27-11-19-4-3-5-21(33-2)22(19)25/h3-10,12,15H,11,13-14H2,1-2H3,(H2,26,29)(H,27,32). The van der Waals surface area contributed by atoms with Crippen molar-refractivity contribution in [2.75, 3.05) is 12.8 Å². The molecule has 3 N–H and O–H groups in total. The highest BCUT2D eigenvalue weighted by atomic mass is 19.1. The molecular weight excluding hydrogens is 423 g/mol. The molecule has 0 atom stereocenters. The largest absolute Gasteiger partial charge is 0.494 e. The van der Waals surface area contributed by atoms with E-state index in [2.05, 4.69) is 15.5 Å². The van der Waals surface area contributed by atoms with E-state index in [0.717, 1.165) is 16.7 Å². The summed E-state index contributed by atoms with van der Waals surface area (Å²) in [6.45, 7) is 3.17. The molecule has 33 heavy (non-hydrogen) atoms. The Hall–Kier alpha value is -4.14. The van der Waals surface area contributed by atoms with Crippen LogP contribution in [0.15, 0.2) is 61.1 Å². The van der Waals surface area contributed by atoms with Gasteiger partial charge in [0, 0.05) is 24.5 Å². The number of methoxy groups -OCH3 is 1. The highest BCUT2D eigenvalue weighted by Crippen LogP contribution is 2.20. The van der Waals surface area contributed by atoms with Crippen LogP contribution in [0, 0.1) is 12.7 Å². The van der Waals surface area contributed by atoms with Gasteiger partial charge in [-0.1, -0.05) is 36.4 Å². The molecule has 2 aromatic heterocycles. The minimum absolute atomic E-state index is 0.00370. The zero-order valence-electron chi connectivity index (χ0n) is 18.5. The maximum atomic E-state index is 14.3. The molecule has 9 heteroatoms. The Morgan fingerprint density at radius 1 is 1.09 bits per heavy atom. The molecule has 2 aromatic carbocycles. The van der Waals surface area contributed by atoms with Crippen molar-refractivity contribution in [1.29, 1.82) is 0 Å². The molecule has 2 heterocycles. The Balaban J connectivity index is 1.38. The molecule has 0 unspecified atom stereocenters. The Kier molecular flexibility index (Phi) is 6.39. The SMILES string of the molecule is COc1cccc(CNC(=O)c2cn(Cc3ccc(Cn4cc(C)cn4)cc3)nc2N)c1F. The van der Waals surface area contributed by atoms with E-state index in [1.54, 1.807) is 23.0 Å². The van der Waals surface area contributed by atoms with Gasteiger partial charge in [0.25, 0.3) is 5.91 Å². The molecular formula is C24H25FN6O2. The lowest BCUT2D eigenvalue weighted by Gasteiger charge is -2.08. The first-order valence-corrected chi connectivity index (χ1v) is 10.4. The van der Waals surface area contributed by atoms with Crippen LogP contribution in [-0.2, 0) is 19.6 Å². The molecule has 4 rings (SSSR count). The van der Waals surface area contributed by atoms with E-state index in [-0.39, 0.29) is 23.7 Å². The minimum atomic E-state index is -0.505. The number of rotatable bonds is 8. The molecule has 0 radical (unpaired) electrons. The van der Waals surface area contributed by atoms with Crippen LogP contribution >= 0.6 is 0 Å². The summed E-state index contributed by atoms with van der Waals surface area (Å²) >= 11 is 0. The number of nitrogen functional groups attached to an aromatic ring is 1. The normalized spacial score (nSPS) is 10.9. The summed E-state index contributed by atoms with van der Waals surface area (Å²) in [5.74, 6) is -0.690. The molecule has 8 nitrogen and oxygen atoms in total. The quantitative estimate of drug-likeness (QED) is 0.431. The number of aryl methyl sites for hydroxylation is 1. The maximum absolute atomic E-state index is 14.3. The molecule has 0 aliphatic rings. The third kappa shape index (κ3) is 5.20. The number of nitrogens with one attached hydrogen (secondary N) is 1. The van der Waals surface area contributed by atoms with E-state index in [1.807, 2.05) is 48.3 Å². The van der Waals surface area contributed by atoms with Gasteiger partial charge in [0.2, 0.25) is 0 Å². The number of amides is 1. The molecule has 0 aliphatic heterocycles. The molecule has 0 saturated carbocycles. The predicted molar refractivity (Wildman–Crippen MR) is 122 cm³/mol. The van der Waals surface area contributed by atoms with E-state index >= 15 is 0 Å². The Bertz CT molecular complexity index is 1260. The van der Waals surface area contributed by atoms with Crippen molar-refractivity contribution in [3.8, 4) is 5.75 Å². The zero-order chi connectivity index (χ0) is 23.4. The third-order valence-electron chi connectivity index (χ3n) is 5.21. The topological polar surface area (TPSA) is 100.0 Å². The molecule has 0 spiro atoms. The average molecular weight is 449 g/mol. The monoisotopic (exact) mass is 448 g/mol. The van der Waals surface area contributed by atoms with Crippen LogP contribution < -0.4 is 15.8 Å². The number of anilines is 1. The Morgan fingerprint density at radius 3 is 2.42 bits per heavy atom. The summed E-state index contributed by atoms with van der Waals surface area (Å²) in [7, 11) is 1.39. The van der Waals surface area contributed by atoms with Crippen molar-refractivity contribution in [1.82, 2.24) is 24.9 Å². The van der Waals surface area contributed by atoms with Gasteiger partial charge in [-0.2, -0.15) is 10.2 Å². The van der Waals surface area contributed by atoms with E-state index in [0.29, 0.717) is 18.7 Å². The van der Waals surface area contributed by atoms with Crippen molar-refractivity contribution < 1.29 is 13.9 Å². The maximum Gasteiger partial charge on any atom is 0.256 e. The van der Waals surface area contributed by atoms with Crippen molar-refractivity contribution in [3.05, 3.63) is 94.7 Å². The highest BCUT2D eigenvalue weighted by molar-refractivity contribution is 5.98. The van der Waals surface area contributed by atoms with Gasteiger partial charge in [0.05, 0.1) is 26.4 Å². The average Bonchev–Trinajstić information content (AvgIpc) is 3.38. The number of aromatic nitrogens is 4. The lowest BCUT2D eigenvalue weighted by atomic mass is 10.1. The molecule has 4 aromatic rings. The number of nitrogens with zero attached hydrogens (tertiary/aromatic N) is 4. The smallest absolute Gasteiger partial charge is 0.256 e. The summed E-state index contributed by atoms with van der Waals surface area (Å²) in [4.78, 5) is 12.6. The first-order valence-electron chi connectivity index (χ1n) is 10.4. The molecule has 170 valence electrons. The van der Waals surface area contributed by atoms with Gasteiger partial charge in [0.1, 0.15) is 5.56 Å². The van der Waals surface area contributed by atoms with Gasteiger partial charge in [0.15, 0.2) is 17.4 Å². The summed E-state index contributed by atoms with van der Waals surface area (Å²) in [5.41, 5.74) is 9.78. The van der Waals surface area contributed by atoms with Gasteiger partial charge in [-0.15, -0.1) is 0 Å². The minimum Gasteiger partial charge on any atom is -0.494 e. The second kappa shape index (κ2) is 9.56. The van der Waals surface area contributed by atoms with E-state index < -0.39 is 11.7 Å². The van der Waals surface area contributed by atoms with E-state index in [4.69, 9.17) is 10.5 Å². The van der Waals surface area contributed by atoms with Crippen molar-refractivity contribution >= 4 is 11.7 Å². The second-order valence-corrected chi connectivity index (χ2v) is 7.77.